The number of rotatable bonds is 9. The molecular formula is C23H25F3N2O6. The van der Waals surface area contributed by atoms with Crippen molar-refractivity contribution in [2.75, 3.05) is 51.3 Å². The molecule has 2 aromatic rings. The van der Waals surface area contributed by atoms with E-state index in [0.717, 1.165) is 18.2 Å². The third kappa shape index (κ3) is 5.71. The Labute approximate surface area is 194 Å². The van der Waals surface area contributed by atoms with Crippen LogP contribution in [-0.2, 0) is 20.5 Å². The molecule has 11 heteroatoms. The average molecular weight is 482 g/mol. The maximum absolute atomic E-state index is 13.2. The van der Waals surface area contributed by atoms with Gasteiger partial charge in [-0.2, -0.15) is 13.2 Å². The van der Waals surface area contributed by atoms with Crippen LogP contribution in [0.3, 0.4) is 0 Å². The summed E-state index contributed by atoms with van der Waals surface area (Å²) in [6.07, 6.45) is -4.72. The Morgan fingerprint density at radius 1 is 1.06 bits per heavy atom. The Morgan fingerprint density at radius 3 is 2.44 bits per heavy atom. The summed E-state index contributed by atoms with van der Waals surface area (Å²) in [6.45, 7) is 0.311. The van der Waals surface area contributed by atoms with Crippen LogP contribution in [0.1, 0.15) is 12.0 Å². The maximum atomic E-state index is 13.2. The number of benzene rings is 2. The highest BCUT2D eigenvalue weighted by Crippen LogP contribution is 2.38. The molecule has 184 valence electrons. The fourth-order valence-corrected chi connectivity index (χ4v) is 3.52. The molecule has 0 radical (unpaired) electrons. The first-order valence-corrected chi connectivity index (χ1v) is 10.3. The van der Waals surface area contributed by atoms with Crippen molar-refractivity contribution in [3.05, 3.63) is 42.0 Å². The predicted molar refractivity (Wildman–Crippen MR) is 117 cm³/mol. The van der Waals surface area contributed by atoms with Gasteiger partial charge in [0.25, 0.3) is 0 Å². The SMILES string of the molecule is COCCOc1ccc(C(F)(F)F)cc1NC(=O)C1CC(=O)N(c2cc(OC)ccc2OC)C1. The van der Waals surface area contributed by atoms with Crippen molar-refractivity contribution in [3.63, 3.8) is 0 Å². The minimum Gasteiger partial charge on any atom is -0.497 e. The van der Waals surface area contributed by atoms with Gasteiger partial charge in [0.1, 0.15) is 23.9 Å². The van der Waals surface area contributed by atoms with Crippen molar-refractivity contribution in [2.24, 2.45) is 5.92 Å². The lowest BCUT2D eigenvalue weighted by atomic mass is 10.1. The van der Waals surface area contributed by atoms with E-state index >= 15 is 0 Å². The number of alkyl halides is 3. The second-order valence-corrected chi connectivity index (χ2v) is 7.48. The summed E-state index contributed by atoms with van der Waals surface area (Å²) in [5.41, 5.74) is -0.641. The number of carbonyl (C=O) groups is 2. The number of anilines is 2. The van der Waals surface area contributed by atoms with Gasteiger partial charge in [0.05, 0.1) is 43.7 Å². The molecule has 2 amide bonds. The Hall–Kier alpha value is -3.47. The molecule has 34 heavy (non-hydrogen) atoms. The molecule has 1 unspecified atom stereocenters. The summed E-state index contributed by atoms with van der Waals surface area (Å²) in [5, 5.41) is 2.50. The molecular weight excluding hydrogens is 457 g/mol. The van der Waals surface area contributed by atoms with Crippen LogP contribution in [0, 0.1) is 5.92 Å². The molecule has 1 saturated heterocycles. The van der Waals surface area contributed by atoms with Crippen molar-refractivity contribution in [2.45, 2.75) is 12.6 Å². The summed E-state index contributed by atoms with van der Waals surface area (Å²) >= 11 is 0. The smallest absolute Gasteiger partial charge is 0.416 e. The van der Waals surface area contributed by atoms with E-state index in [0.29, 0.717) is 17.2 Å². The number of halogens is 3. The largest absolute Gasteiger partial charge is 0.497 e. The van der Waals surface area contributed by atoms with Crippen LogP contribution in [0.4, 0.5) is 24.5 Å². The number of hydrogen-bond donors (Lipinski definition) is 1. The lowest BCUT2D eigenvalue weighted by Gasteiger charge is -2.20. The molecule has 1 N–H and O–H groups in total. The third-order valence-corrected chi connectivity index (χ3v) is 5.28. The van der Waals surface area contributed by atoms with Gasteiger partial charge < -0.3 is 29.2 Å². The van der Waals surface area contributed by atoms with Gasteiger partial charge in [0.15, 0.2) is 0 Å². The molecule has 1 aliphatic heterocycles. The van der Waals surface area contributed by atoms with E-state index < -0.39 is 23.6 Å². The van der Waals surface area contributed by atoms with E-state index in [4.69, 9.17) is 18.9 Å². The van der Waals surface area contributed by atoms with Gasteiger partial charge in [0, 0.05) is 26.1 Å². The molecule has 8 nitrogen and oxygen atoms in total. The topological polar surface area (TPSA) is 86.3 Å². The van der Waals surface area contributed by atoms with Gasteiger partial charge >= 0.3 is 6.18 Å². The first kappa shape index (κ1) is 25.2. The zero-order valence-corrected chi connectivity index (χ0v) is 18.9. The van der Waals surface area contributed by atoms with Crippen molar-refractivity contribution >= 4 is 23.2 Å². The Morgan fingerprint density at radius 2 is 1.79 bits per heavy atom. The van der Waals surface area contributed by atoms with Gasteiger partial charge in [-0.05, 0) is 30.3 Å². The molecule has 0 aliphatic carbocycles. The number of ether oxygens (including phenoxy) is 4. The standard InChI is InChI=1S/C23H25F3N2O6/c1-31-8-9-34-19-6-4-15(23(24,25)26)11-17(19)27-22(30)14-10-21(29)28(13-14)18-12-16(32-2)5-7-20(18)33-3/h4-7,11-12,14H,8-10,13H2,1-3H3,(H,27,30). The normalized spacial score (nSPS) is 15.9. The van der Waals surface area contributed by atoms with Gasteiger partial charge in [-0.1, -0.05) is 0 Å². The molecule has 0 spiro atoms. The highest BCUT2D eigenvalue weighted by molar-refractivity contribution is 6.04. The second-order valence-electron chi connectivity index (χ2n) is 7.48. The Balaban J connectivity index is 1.81. The quantitative estimate of drug-likeness (QED) is 0.548. The Bertz CT molecular complexity index is 1040. The number of amides is 2. The molecule has 0 saturated carbocycles. The minimum atomic E-state index is -4.60. The number of carbonyl (C=O) groups excluding carboxylic acids is 2. The van der Waals surface area contributed by atoms with Crippen LogP contribution in [0.5, 0.6) is 17.2 Å². The van der Waals surface area contributed by atoms with Crippen LogP contribution in [0.25, 0.3) is 0 Å². The molecule has 1 heterocycles. The van der Waals surface area contributed by atoms with E-state index in [1.54, 1.807) is 18.2 Å². The summed E-state index contributed by atoms with van der Waals surface area (Å²) < 4.78 is 60.5. The van der Waals surface area contributed by atoms with E-state index in [2.05, 4.69) is 5.32 Å². The van der Waals surface area contributed by atoms with Crippen LogP contribution < -0.4 is 24.4 Å². The van der Waals surface area contributed by atoms with Gasteiger partial charge in [0.2, 0.25) is 11.8 Å². The van der Waals surface area contributed by atoms with E-state index in [9.17, 15) is 22.8 Å². The van der Waals surface area contributed by atoms with Crippen LogP contribution in [0.2, 0.25) is 0 Å². The number of nitrogens with one attached hydrogen (secondary N) is 1. The zero-order chi connectivity index (χ0) is 24.9. The Kier molecular flexibility index (Phi) is 7.87. The molecule has 1 fully saturated rings. The first-order chi connectivity index (χ1) is 16.2. The highest BCUT2D eigenvalue weighted by Gasteiger charge is 2.37. The van der Waals surface area contributed by atoms with E-state index in [-0.39, 0.29) is 43.5 Å². The van der Waals surface area contributed by atoms with Crippen molar-refractivity contribution in [1.29, 1.82) is 0 Å². The summed E-state index contributed by atoms with van der Waals surface area (Å²) in [5.74, 6) is -0.750. The molecule has 1 aliphatic rings. The fraction of sp³-hybridized carbons (Fsp3) is 0.391. The fourth-order valence-electron chi connectivity index (χ4n) is 3.52. The molecule has 1 atom stereocenters. The number of nitrogens with zero attached hydrogens (tertiary/aromatic N) is 1. The summed E-state index contributed by atoms with van der Waals surface area (Å²) in [7, 11) is 4.39. The predicted octanol–water partition coefficient (Wildman–Crippen LogP) is 3.74. The van der Waals surface area contributed by atoms with Crippen LogP contribution in [0.15, 0.2) is 36.4 Å². The first-order valence-electron chi connectivity index (χ1n) is 10.3. The number of hydrogen-bond acceptors (Lipinski definition) is 6. The molecule has 0 aromatic heterocycles. The monoisotopic (exact) mass is 482 g/mol. The molecule has 3 rings (SSSR count). The van der Waals surface area contributed by atoms with Crippen molar-refractivity contribution < 1.29 is 41.7 Å². The minimum absolute atomic E-state index is 0.0209. The number of methoxy groups -OCH3 is 3. The van der Waals surface area contributed by atoms with Crippen molar-refractivity contribution in [1.82, 2.24) is 0 Å². The summed E-state index contributed by atoms with van der Waals surface area (Å²) in [6, 6.07) is 7.74. The van der Waals surface area contributed by atoms with Gasteiger partial charge in [-0.3, -0.25) is 9.59 Å². The second kappa shape index (κ2) is 10.6. The highest BCUT2D eigenvalue weighted by atomic mass is 19.4. The summed E-state index contributed by atoms with van der Waals surface area (Å²) in [4.78, 5) is 27.0. The zero-order valence-electron chi connectivity index (χ0n) is 18.9. The average Bonchev–Trinajstić information content (AvgIpc) is 3.20. The van der Waals surface area contributed by atoms with Gasteiger partial charge in [-0.25, -0.2) is 0 Å². The molecule has 0 bridgehead atoms. The van der Waals surface area contributed by atoms with E-state index in [1.807, 2.05) is 0 Å². The third-order valence-electron chi connectivity index (χ3n) is 5.28. The lowest BCUT2D eigenvalue weighted by Crippen LogP contribution is -2.28. The van der Waals surface area contributed by atoms with Gasteiger partial charge in [-0.15, -0.1) is 0 Å². The molecule has 2 aromatic carbocycles. The van der Waals surface area contributed by atoms with Crippen molar-refractivity contribution in [3.8, 4) is 17.2 Å². The maximum Gasteiger partial charge on any atom is 0.416 e. The lowest BCUT2D eigenvalue weighted by molar-refractivity contribution is -0.137. The van der Waals surface area contributed by atoms with Crippen LogP contribution >= 0.6 is 0 Å². The van der Waals surface area contributed by atoms with E-state index in [1.165, 1.54) is 26.2 Å². The van der Waals surface area contributed by atoms with Crippen LogP contribution in [-0.4, -0.2) is 52.9 Å².